The van der Waals surface area contributed by atoms with Crippen LogP contribution in [-0.2, 0) is 0 Å². The van der Waals surface area contributed by atoms with Gasteiger partial charge in [0.2, 0.25) is 6.79 Å². The molecule has 3 rings (SSSR count). The molecule has 0 bridgehead atoms. The van der Waals surface area contributed by atoms with E-state index < -0.39 is 0 Å². The van der Waals surface area contributed by atoms with Gasteiger partial charge in [0.1, 0.15) is 0 Å². The summed E-state index contributed by atoms with van der Waals surface area (Å²) in [5, 5.41) is 5.39. The average molecular weight is 275 g/mol. The van der Waals surface area contributed by atoms with Crippen molar-refractivity contribution in [3.05, 3.63) is 35.7 Å². The Morgan fingerprint density at radius 2 is 2.05 bits per heavy atom. The monoisotopic (exact) mass is 275 g/mol. The lowest BCUT2D eigenvalue weighted by Gasteiger charge is -2.02. The van der Waals surface area contributed by atoms with Gasteiger partial charge in [-0.15, -0.1) is 0 Å². The number of ether oxygens (including phenoxy) is 2. The van der Waals surface area contributed by atoms with Gasteiger partial charge in [-0.1, -0.05) is 13.8 Å². The molecule has 6 nitrogen and oxygen atoms in total. The van der Waals surface area contributed by atoms with Crippen molar-refractivity contribution >= 4 is 11.6 Å². The Morgan fingerprint density at radius 1 is 1.25 bits per heavy atom. The Kier molecular flexibility index (Phi) is 3.06. The molecule has 2 aromatic rings. The topological polar surface area (TPSA) is 74.8 Å². The van der Waals surface area contributed by atoms with Crippen LogP contribution in [0.1, 0.15) is 36.0 Å². The van der Waals surface area contributed by atoms with Gasteiger partial charge in [-0.2, -0.15) is 0 Å². The highest BCUT2D eigenvalue weighted by Crippen LogP contribution is 2.34. The molecule has 1 aliphatic heterocycles. The highest BCUT2D eigenvalue weighted by atomic mass is 16.7. The maximum Gasteiger partial charge on any atom is 0.324 e. The van der Waals surface area contributed by atoms with E-state index in [2.05, 4.69) is 10.5 Å². The van der Waals surface area contributed by atoms with Crippen LogP contribution in [0, 0.1) is 0 Å². The quantitative estimate of drug-likeness (QED) is 0.931. The third-order valence-electron chi connectivity index (χ3n) is 3.01. The molecule has 1 aromatic heterocycles. The Morgan fingerprint density at radius 3 is 2.80 bits per heavy atom. The number of carbonyl (C=O) groups is 1. The minimum atomic E-state index is -0.264. The average Bonchev–Trinajstić information content (AvgIpc) is 3.07. The molecule has 0 unspecified atom stereocenters. The van der Waals surface area contributed by atoms with Crippen LogP contribution in [0.4, 0.5) is 5.69 Å². The number of carbonyl (C=O) groups excluding carboxylic acids is 1. The molecule has 0 atom stereocenters. The van der Waals surface area contributed by atoms with Crippen LogP contribution in [0.3, 0.4) is 0 Å². The van der Waals surface area contributed by atoms with Crippen LogP contribution in [-0.4, -0.2) is 12.7 Å². The van der Waals surface area contributed by atoms with Crippen molar-refractivity contribution < 1.29 is 23.9 Å². The molecule has 0 saturated carbocycles. The van der Waals surface area contributed by atoms with E-state index in [1.54, 1.807) is 24.3 Å². The maximum atomic E-state index is 12.1. The highest BCUT2D eigenvalue weighted by molar-refractivity contribution is 6.01. The number of anilines is 1. The number of nitrogens with one attached hydrogen (secondary N) is 2. The summed E-state index contributed by atoms with van der Waals surface area (Å²) in [5.41, 5.74) is 1.02. The van der Waals surface area contributed by atoms with Crippen molar-refractivity contribution in [1.82, 2.24) is 0 Å². The first kappa shape index (κ1) is 12.5. The largest absolute Gasteiger partial charge is 0.454 e. The summed E-state index contributed by atoms with van der Waals surface area (Å²) in [6.07, 6.45) is 0. The van der Waals surface area contributed by atoms with Gasteiger partial charge in [-0.05, 0) is 17.3 Å². The summed E-state index contributed by atoms with van der Waals surface area (Å²) in [7, 11) is 0. The van der Waals surface area contributed by atoms with E-state index in [4.69, 9.17) is 14.0 Å². The number of hydrogen-bond acceptors (Lipinski definition) is 4. The molecule has 1 aliphatic rings. The number of H-pyrrole nitrogens is 1. The van der Waals surface area contributed by atoms with Gasteiger partial charge in [0, 0.05) is 17.7 Å². The first-order chi connectivity index (χ1) is 9.63. The van der Waals surface area contributed by atoms with Crippen molar-refractivity contribution in [2.45, 2.75) is 19.8 Å². The zero-order valence-electron chi connectivity index (χ0n) is 11.2. The zero-order chi connectivity index (χ0) is 14.1. The molecule has 1 amide bonds. The van der Waals surface area contributed by atoms with E-state index in [0.717, 1.165) is 5.76 Å². The summed E-state index contributed by atoms with van der Waals surface area (Å²) in [6, 6.07) is 6.95. The number of hydrogen-bond donors (Lipinski definition) is 1. The van der Waals surface area contributed by atoms with E-state index in [1.165, 1.54) is 0 Å². The van der Waals surface area contributed by atoms with Crippen LogP contribution in [0.5, 0.6) is 11.5 Å². The minimum absolute atomic E-state index is 0.208. The fourth-order valence-electron chi connectivity index (χ4n) is 1.88. The van der Waals surface area contributed by atoms with Crippen LogP contribution < -0.4 is 19.9 Å². The van der Waals surface area contributed by atoms with Gasteiger partial charge in [0.25, 0.3) is 0 Å². The normalized spacial score (nSPS) is 12.8. The molecule has 0 saturated heterocycles. The first-order valence-electron chi connectivity index (χ1n) is 6.36. The van der Waals surface area contributed by atoms with Gasteiger partial charge < -0.3 is 14.8 Å². The summed E-state index contributed by atoms with van der Waals surface area (Å²) in [6.45, 7) is 4.19. The molecule has 2 heterocycles. The van der Waals surface area contributed by atoms with Crippen molar-refractivity contribution in [3.8, 4) is 11.5 Å². The molecule has 0 spiro atoms. The summed E-state index contributed by atoms with van der Waals surface area (Å²) < 4.78 is 15.7. The first-order valence-corrected chi connectivity index (χ1v) is 6.36. The van der Waals surface area contributed by atoms with Gasteiger partial charge >= 0.3 is 11.6 Å². The molecular weight excluding hydrogens is 260 g/mol. The standard InChI is InChI=1S/C14H14N2O4/c1-8(2)12-6-10(16-20-12)14(17)15-9-3-4-11-13(5-9)19-7-18-11/h3-6,8H,7H2,1-2H3,(H,15,17)/p+1. The third-order valence-corrected chi connectivity index (χ3v) is 3.01. The lowest BCUT2D eigenvalue weighted by Crippen LogP contribution is -2.19. The summed E-state index contributed by atoms with van der Waals surface area (Å²) in [4.78, 5) is 12.1. The molecule has 0 fully saturated rings. The van der Waals surface area contributed by atoms with Crippen molar-refractivity contribution in [2.75, 3.05) is 12.1 Å². The predicted molar refractivity (Wildman–Crippen MR) is 69.9 cm³/mol. The molecular formula is C14H15N2O4+. The lowest BCUT2D eigenvalue weighted by atomic mass is 10.1. The summed E-state index contributed by atoms with van der Waals surface area (Å²) in [5.74, 6) is 2.00. The van der Waals surface area contributed by atoms with E-state index >= 15 is 0 Å². The zero-order valence-corrected chi connectivity index (χ0v) is 11.2. The van der Waals surface area contributed by atoms with E-state index in [1.807, 2.05) is 13.8 Å². The Labute approximate surface area is 115 Å². The second-order valence-corrected chi connectivity index (χ2v) is 4.84. The van der Waals surface area contributed by atoms with Crippen molar-refractivity contribution in [3.63, 3.8) is 0 Å². The predicted octanol–water partition coefficient (Wildman–Crippen LogP) is 2.20. The summed E-state index contributed by atoms with van der Waals surface area (Å²) >= 11 is 0. The Balaban J connectivity index is 1.75. The molecule has 2 N–H and O–H groups in total. The van der Waals surface area contributed by atoms with Crippen molar-refractivity contribution in [1.29, 1.82) is 0 Å². The Bertz CT molecular complexity index is 648. The third kappa shape index (κ3) is 2.32. The smallest absolute Gasteiger partial charge is 0.324 e. The van der Waals surface area contributed by atoms with Crippen LogP contribution in [0.15, 0.2) is 28.8 Å². The number of benzene rings is 1. The van der Waals surface area contributed by atoms with E-state index in [0.29, 0.717) is 22.9 Å². The number of aromatic nitrogens is 1. The Hall–Kier alpha value is -2.50. The fourth-order valence-corrected chi connectivity index (χ4v) is 1.88. The second-order valence-electron chi connectivity index (χ2n) is 4.84. The van der Waals surface area contributed by atoms with E-state index in [9.17, 15) is 4.79 Å². The molecule has 104 valence electrons. The number of fused-ring (bicyclic) bond motifs is 1. The highest BCUT2D eigenvalue weighted by Gasteiger charge is 2.21. The van der Waals surface area contributed by atoms with Crippen molar-refractivity contribution in [2.24, 2.45) is 0 Å². The maximum absolute atomic E-state index is 12.1. The number of amides is 1. The molecule has 20 heavy (non-hydrogen) atoms. The van der Waals surface area contributed by atoms with Gasteiger partial charge in [0.05, 0.1) is 6.07 Å². The van der Waals surface area contributed by atoms with Gasteiger partial charge in [-0.25, -0.2) is 4.52 Å². The van der Waals surface area contributed by atoms with Crippen LogP contribution in [0.25, 0.3) is 0 Å². The van der Waals surface area contributed by atoms with E-state index in [-0.39, 0.29) is 18.6 Å². The molecule has 0 aliphatic carbocycles. The lowest BCUT2D eigenvalue weighted by molar-refractivity contribution is -0.612. The van der Waals surface area contributed by atoms with Crippen LogP contribution in [0.2, 0.25) is 0 Å². The van der Waals surface area contributed by atoms with Gasteiger partial charge in [0.15, 0.2) is 17.3 Å². The van der Waals surface area contributed by atoms with Crippen LogP contribution >= 0.6 is 0 Å². The SMILES string of the molecule is CC(C)c1cc(C(=O)Nc2ccc3c(c2)OCO3)[nH+]o1. The molecule has 1 aromatic carbocycles. The number of rotatable bonds is 3. The number of aromatic amines is 1. The molecule has 6 heteroatoms. The minimum Gasteiger partial charge on any atom is -0.454 e. The fraction of sp³-hybridized carbons (Fsp3) is 0.286. The molecule has 0 radical (unpaired) electrons. The second kappa shape index (κ2) is 4.88. The van der Waals surface area contributed by atoms with Gasteiger partial charge in [-0.3, -0.25) is 4.79 Å².